The number of rotatable bonds is 2. The van der Waals surface area contributed by atoms with Crippen LogP contribution in [0.15, 0.2) is 18.2 Å². The molecule has 1 aromatic rings. The molecule has 0 saturated heterocycles. The van der Waals surface area contributed by atoms with Crippen LogP contribution >= 0.6 is 0 Å². The quantitative estimate of drug-likeness (QED) is 0.738. The van der Waals surface area contributed by atoms with Crippen molar-refractivity contribution in [3.8, 4) is 5.75 Å². The monoisotopic (exact) mass is 272 g/mol. The Morgan fingerprint density at radius 2 is 1.68 bits per heavy atom. The minimum Gasteiger partial charge on any atom is -0.488 e. The van der Waals surface area contributed by atoms with E-state index >= 15 is 0 Å². The van der Waals surface area contributed by atoms with Crippen molar-refractivity contribution < 1.29 is 17.9 Å². The van der Waals surface area contributed by atoms with Crippen LogP contribution in [-0.2, 0) is 6.18 Å². The van der Waals surface area contributed by atoms with Crippen molar-refractivity contribution >= 4 is 0 Å². The number of benzene rings is 1. The second-order valence-electron chi connectivity index (χ2n) is 6.54. The first-order valence-corrected chi connectivity index (χ1v) is 6.38. The molecule has 0 bridgehead atoms. The van der Waals surface area contributed by atoms with Crippen LogP contribution in [0.5, 0.6) is 5.75 Å². The van der Waals surface area contributed by atoms with Gasteiger partial charge in [0.25, 0.3) is 0 Å². The van der Waals surface area contributed by atoms with Gasteiger partial charge in [-0.15, -0.1) is 0 Å². The minimum atomic E-state index is -4.33. The molecular weight excluding hydrogens is 253 g/mol. The van der Waals surface area contributed by atoms with E-state index in [1.807, 2.05) is 6.92 Å². The van der Waals surface area contributed by atoms with Gasteiger partial charge in [0, 0.05) is 0 Å². The maximum Gasteiger partial charge on any atom is 0.416 e. The first-order chi connectivity index (χ1) is 8.51. The van der Waals surface area contributed by atoms with E-state index in [1.54, 1.807) is 6.07 Å². The summed E-state index contributed by atoms with van der Waals surface area (Å²) in [4.78, 5) is 0. The van der Waals surface area contributed by atoms with Crippen LogP contribution in [0.25, 0.3) is 0 Å². The zero-order valence-corrected chi connectivity index (χ0v) is 11.7. The second kappa shape index (κ2) is 4.15. The molecule has 106 valence electrons. The van der Waals surface area contributed by atoms with Gasteiger partial charge in [-0.25, -0.2) is 0 Å². The second-order valence-corrected chi connectivity index (χ2v) is 6.54. The van der Waals surface area contributed by atoms with E-state index in [-0.39, 0.29) is 16.6 Å². The Morgan fingerprint density at radius 1 is 1.11 bits per heavy atom. The van der Waals surface area contributed by atoms with Gasteiger partial charge < -0.3 is 4.74 Å². The first kappa shape index (κ1) is 14.2. The van der Waals surface area contributed by atoms with Crippen molar-refractivity contribution in [3.63, 3.8) is 0 Å². The molecule has 1 nitrogen and oxygen atoms in total. The van der Waals surface area contributed by atoms with Gasteiger partial charge in [0.2, 0.25) is 0 Å². The van der Waals surface area contributed by atoms with Gasteiger partial charge in [0.1, 0.15) is 11.4 Å². The van der Waals surface area contributed by atoms with Crippen LogP contribution in [0.3, 0.4) is 0 Å². The standard InChI is InChI=1S/C15H19F3O/c1-10-5-6-11(7-12(10)15(16,17)18)19-14(4)8-13(2,3)9-14/h5-7H,8-9H2,1-4H3. The van der Waals surface area contributed by atoms with Crippen LogP contribution in [-0.4, -0.2) is 5.60 Å². The summed E-state index contributed by atoms with van der Waals surface area (Å²) in [6, 6.07) is 4.18. The molecule has 1 fully saturated rings. The third-order valence-corrected chi connectivity index (χ3v) is 3.58. The lowest BCUT2D eigenvalue weighted by Gasteiger charge is -2.50. The molecule has 0 unspecified atom stereocenters. The van der Waals surface area contributed by atoms with E-state index in [1.165, 1.54) is 13.0 Å². The molecule has 1 aromatic carbocycles. The maximum atomic E-state index is 12.8. The van der Waals surface area contributed by atoms with Crippen molar-refractivity contribution in [3.05, 3.63) is 29.3 Å². The molecule has 2 rings (SSSR count). The molecule has 1 aliphatic carbocycles. The Hall–Kier alpha value is -1.19. The minimum absolute atomic E-state index is 0.215. The molecule has 19 heavy (non-hydrogen) atoms. The molecule has 0 heterocycles. The largest absolute Gasteiger partial charge is 0.488 e. The van der Waals surface area contributed by atoms with E-state index in [2.05, 4.69) is 13.8 Å². The molecule has 1 aliphatic rings. The SMILES string of the molecule is Cc1ccc(OC2(C)CC(C)(C)C2)cc1C(F)(F)F. The van der Waals surface area contributed by atoms with Crippen LogP contribution in [0.4, 0.5) is 13.2 Å². The summed E-state index contributed by atoms with van der Waals surface area (Å²) >= 11 is 0. The smallest absolute Gasteiger partial charge is 0.416 e. The number of aryl methyl sites for hydroxylation is 1. The van der Waals surface area contributed by atoms with Crippen molar-refractivity contribution in [2.75, 3.05) is 0 Å². The van der Waals surface area contributed by atoms with Gasteiger partial charge in [0.15, 0.2) is 0 Å². The molecular formula is C15H19F3O. The molecule has 4 heteroatoms. The van der Waals surface area contributed by atoms with Crippen LogP contribution in [0.2, 0.25) is 0 Å². The van der Waals surface area contributed by atoms with Crippen molar-refractivity contribution in [2.45, 2.75) is 52.3 Å². The Bertz CT molecular complexity index is 481. The van der Waals surface area contributed by atoms with Gasteiger partial charge in [0.05, 0.1) is 5.56 Å². The third-order valence-electron chi connectivity index (χ3n) is 3.58. The molecule has 0 radical (unpaired) electrons. The third kappa shape index (κ3) is 3.04. The molecule has 0 amide bonds. The van der Waals surface area contributed by atoms with Gasteiger partial charge in [-0.2, -0.15) is 13.2 Å². The molecule has 0 aliphatic heterocycles. The van der Waals surface area contributed by atoms with Gasteiger partial charge in [-0.1, -0.05) is 19.9 Å². The van der Waals surface area contributed by atoms with E-state index < -0.39 is 11.7 Å². The normalized spacial score (nSPS) is 20.8. The number of alkyl halides is 3. The van der Waals surface area contributed by atoms with Gasteiger partial charge >= 0.3 is 6.18 Å². The summed E-state index contributed by atoms with van der Waals surface area (Å²) in [5.41, 5.74) is -0.528. The summed E-state index contributed by atoms with van der Waals surface area (Å²) < 4.78 is 44.2. The lowest BCUT2D eigenvalue weighted by molar-refractivity contribution is -0.138. The predicted molar refractivity (Wildman–Crippen MR) is 68.2 cm³/mol. The molecule has 1 saturated carbocycles. The fraction of sp³-hybridized carbons (Fsp3) is 0.600. The van der Waals surface area contributed by atoms with E-state index in [4.69, 9.17) is 4.74 Å². The number of ether oxygens (including phenoxy) is 1. The molecule has 0 N–H and O–H groups in total. The lowest BCUT2D eigenvalue weighted by atomic mass is 9.62. The fourth-order valence-electron chi connectivity index (χ4n) is 3.30. The molecule has 0 aromatic heterocycles. The predicted octanol–water partition coefficient (Wildman–Crippen LogP) is 4.97. The van der Waals surface area contributed by atoms with Gasteiger partial charge in [-0.05, 0) is 49.8 Å². The molecule has 0 spiro atoms. The van der Waals surface area contributed by atoms with Crippen LogP contribution < -0.4 is 4.74 Å². The van der Waals surface area contributed by atoms with Gasteiger partial charge in [-0.3, -0.25) is 0 Å². The van der Waals surface area contributed by atoms with Crippen molar-refractivity contribution in [1.82, 2.24) is 0 Å². The maximum absolute atomic E-state index is 12.8. The molecule has 0 atom stereocenters. The summed E-state index contributed by atoms with van der Waals surface area (Å²) in [7, 11) is 0. The highest BCUT2D eigenvalue weighted by Crippen LogP contribution is 2.50. The van der Waals surface area contributed by atoms with E-state index in [9.17, 15) is 13.2 Å². The Balaban J connectivity index is 2.19. The summed E-state index contributed by atoms with van der Waals surface area (Å²) in [5, 5.41) is 0. The summed E-state index contributed by atoms with van der Waals surface area (Å²) in [6.45, 7) is 7.68. The lowest BCUT2D eigenvalue weighted by Crippen LogP contribution is -2.50. The Kier molecular flexibility index (Phi) is 3.11. The van der Waals surface area contributed by atoms with Crippen LogP contribution in [0.1, 0.15) is 44.7 Å². The average molecular weight is 272 g/mol. The zero-order chi connectivity index (χ0) is 14.5. The van der Waals surface area contributed by atoms with E-state index in [0.717, 1.165) is 18.9 Å². The number of hydrogen-bond acceptors (Lipinski definition) is 1. The topological polar surface area (TPSA) is 9.23 Å². The highest BCUT2D eigenvalue weighted by molar-refractivity contribution is 5.37. The number of halogens is 3. The number of hydrogen-bond donors (Lipinski definition) is 0. The summed E-state index contributed by atoms with van der Waals surface area (Å²) in [6.07, 6.45) is -2.62. The zero-order valence-electron chi connectivity index (χ0n) is 11.7. The Morgan fingerprint density at radius 3 is 2.16 bits per heavy atom. The van der Waals surface area contributed by atoms with E-state index in [0.29, 0.717) is 5.75 Å². The fourth-order valence-corrected chi connectivity index (χ4v) is 3.30. The van der Waals surface area contributed by atoms with Crippen LogP contribution in [0, 0.1) is 12.3 Å². The van der Waals surface area contributed by atoms with Crippen molar-refractivity contribution in [2.24, 2.45) is 5.41 Å². The first-order valence-electron chi connectivity index (χ1n) is 6.38. The average Bonchev–Trinajstić information content (AvgIpc) is 2.15. The Labute approximate surface area is 111 Å². The highest BCUT2D eigenvalue weighted by Gasteiger charge is 2.48. The van der Waals surface area contributed by atoms with Crippen molar-refractivity contribution in [1.29, 1.82) is 0 Å². The highest BCUT2D eigenvalue weighted by atomic mass is 19.4. The summed E-state index contributed by atoms with van der Waals surface area (Å²) in [5.74, 6) is 0.302.